The highest BCUT2D eigenvalue weighted by Gasteiger charge is 2.41. The Morgan fingerprint density at radius 3 is 2.88 bits per heavy atom. The van der Waals surface area contributed by atoms with E-state index in [0.29, 0.717) is 24.5 Å². The maximum absolute atomic E-state index is 12.6. The van der Waals surface area contributed by atoms with Gasteiger partial charge in [0, 0.05) is 12.5 Å². The van der Waals surface area contributed by atoms with Gasteiger partial charge in [0.25, 0.3) is 0 Å². The van der Waals surface area contributed by atoms with Gasteiger partial charge in [0.2, 0.25) is 5.91 Å². The second kappa shape index (κ2) is 8.37. The number of carbonyl (C=O) groups is 1. The number of methoxy groups -OCH3 is 1. The summed E-state index contributed by atoms with van der Waals surface area (Å²) >= 11 is 0. The van der Waals surface area contributed by atoms with Gasteiger partial charge in [-0.1, -0.05) is 12.1 Å². The highest BCUT2D eigenvalue weighted by molar-refractivity contribution is 5.77. The summed E-state index contributed by atoms with van der Waals surface area (Å²) in [5.74, 6) is -3.62. The Morgan fingerprint density at radius 1 is 1.44 bits per heavy atom. The van der Waals surface area contributed by atoms with Gasteiger partial charge in [-0.25, -0.2) is 8.78 Å². The van der Waals surface area contributed by atoms with Crippen LogP contribution >= 0.6 is 0 Å². The van der Waals surface area contributed by atoms with E-state index >= 15 is 0 Å². The molecule has 25 heavy (non-hydrogen) atoms. The highest BCUT2D eigenvalue weighted by Crippen LogP contribution is 2.35. The number of hydrogen-bond acceptors (Lipinski definition) is 4. The van der Waals surface area contributed by atoms with Crippen LogP contribution in [0.1, 0.15) is 5.56 Å². The molecule has 1 aromatic rings. The van der Waals surface area contributed by atoms with Gasteiger partial charge in [-0.15, -0.1) is 0 Å². The SMILES string of the molecule is COc1cccc2c1OC[C@@H](CNC(=O)COCC(F)(F)C(F)F)C2. The van der Waals surface area contributed by atoms with E-state index in [1.165, 1.54) is 0 Å². The Balaban J connectivity index is 1.74. The molecule has 5 nitrogen and oxygen atoms in total. The summed E-state index contributed by atoms with van der Waals surface area (Å²) < 4.78 is 64.4. The van der Waals surface area contributed by atoms with Crippen LogP contribution in [0.15, 0.2) is 18.2 Å². The van der Waals surface area contributed by atoms with Crippen LogP contribution in [-0.4, -0.2) is 51.7 Å². The molecule has 1 heterocycles. The second-order valence-electron chi connectivity index (χ2n) is 5.69. The molecule has 1 atom stereocenters. The summed E-state index contributed by atoms with van der Waals surface area (Å²) in [7, 11) is 1.54. The number of carbonyl (C=O) groups excluding carboxylic acids is 1. The Morgan fingerprint density at radius 2 is 2.20 bits per heavy atom. The monoisotopic (exact) mass is 365 g/mol. The summed E-state index contributed by atoms with van der Waals surface area (Å²) in [5.41, 5.74) is 0.942. The third-order valence-corrected chi connectivity index (χ3v) is 3.69. The van der Waals surface area contributed by atoms with E-state index in [0.717, 1.165) is 5.56 Å². The van der Waals surface area contributed by atoms with E-state index in [9.17, 15) is 22.4 Å². The fourth-order valence-corrected chi connectivity index (χ4v) is 2.40. The van der Waals surface area contributed by atoms with Gasteiger partial charge >= 0.3 is 12.3 Å². The first kappa shape index (κ1) is 19.3. The minimum atomic E-state index is -4.26. The lowest BCUT2D eigenvalue weighted by Crippen LogP contribution is -2.38. The Bertz CT molecular complexity index is 597. The minimum Gasteiger partial charge on any atom is -0.493 e. The predicted molar refractivity (Wildman–Crippen MR) is 80.5 cm³/mol. The number of fused-ring (bicyclic) bond motifs is 1. The zero-order chi connectivity index (χ0) is 18.4. The molecule has 1 aliphatic heterocycles. The van der Waals surface area contributed by atoms with Crippen LogP contribution in [0.3, 0.4) is 0 Å². The average Bonchev–Trinajstić information content (AvgIpc) is 2.58. The molecule has 2 rings (SSSR count). The molecule has 1 aromatic carbocycles. The van der Waals surface area contributed by atoms with Crippen LogP contribution in [-0.2, 0) is 16.0 Å². The summed E-state index contributed by atoms with van der Waals surface area (Å²) in [6.45, 7) is -1.60. The maximum atomic E-state index is 12.6. The van der Waals surface area contributed by atoms with E-state index in [4.69, 9.17) is 9.47 Å². The number of amides is 1. The number of rotatable bonds is 8. The summed E-state index contributed by atoms with van der Waals surface area (Å²) in [4.78, 5) is 11.6. The summed E-state index contributed by atoms with van der Waals surface area (Å²) in [6.07, 6.45) is -3.18. The molecule has 0 aliphatic carbocycles. The van der Waals surface area contributed by atoms with Crippen LogP contribution in [0.25, 0.3) is 0 Å². The Hall–Kier alpha value is -2.03. The maximum Gasteiger partial charge on any atom is 0.330 e. The van der Waals surface area contributed by atoms with E-state index in [1.54, 1.807) is 13.2 Å². The normalized spacial score (nSPS) is 17.0. The molecule has 0 unspecified atom stereocenters. The predicted octanol–water partition coefficient (Wildman–Crippen LogP) is 2.28. The van der Waals surface area contributed by atoms with E-state index < -0.39 is 31.5 Å². The van der Waals surface area contributed by atoms with E-state index in [-0.39, 0.29) is 12.5 Å². The third kappa shape index (κ3) is 5.22. The molecule has 1 amide bonds. The lowest BCUT2D eigenvalue weighted by atomic mass is 9.96. The molecule has 9 heteroatoms. The summed E-state index contributed by atoms with van der Waals surface area (Å²) in [5, 5.41) is 2.52. The number of para-hydroxylation sites is 1. The molecule has 0 radical (unpaired) electrons. The van der Waals surface area contributed by atoms with Crippen LogP contribution < -0.4 is 14.8 Å². The number of alkyl halides is 4. The van der Waals surface area contributed by atoms with Gasteiger partial charge in [0.05, 0.1) is 13.7 Å². The Kier molecular flexibility index (Phi) is 6.46. The van der Waals surface area contributed by atoms with Gasteiger partial charge in [-0.3, -0.25) is 4.79 Å². The highest BCUT2D eigenvalue weighted by atomic mass is 19.3. The van der Waals surface area contributed by atoms with E-state index in [1.807, 2.05) is 12.1 Å². The van der Waals surface area contributed by atoms with Crippen LogP contribution in [0.4, 0.5) is 17.6 Å². The number of hydrogen-bond donors (Lipinski definition) is 1. The first-order valence-corrected chi connectivity index (χ1v) is 7.62. The van der Waals surface area contributed by atoms with Gasteiger partial charge in [0.15, 0.2) is 11.5 Å². The van der Waals surface area contributed by atoms with Gasteiger partial charge in [-0.2, -0.15) is 8.78 Å². The van der Waals surface area contributed by atoms with Crippen molar-refractivity contribution < 1.29 is 36.6 Å². The van der Waals surface area contributed by atoms with Gasteiger partial charge < -0.3 is 19.5 Å². The first-order chi connectivity index (χ1) is 11.8. The molecule has 0 saturated heterocycles. The van der Waals surface area contributed by atoms with Crippen molar-refractivity contribution in [1.82, 2.24) is 5.32 Å². The Labute approximate surface area is 142 Å². The molecule has 0 spiro atoms. The molecular formula is C16H19F4NO4. The van der Waals surface area contributed by atoms with Crippen LogP contribution in [0.5, 0.6) is 11.5 Å². The third-order valence-electron chi connectivity index (χ3n) is 3.69. The second-order valence-corrected chi connectivity index (χ2v) is 5.69. The topological polar surface area (TPSA) is 56.8 Å². The minimum absolute atomic E-state index is 0.00828. The van der Waals surface area contributed by atoms with Gasteiger partial charge in [0.1, 0.15) is 13.2 Å². The zero-order valence-electron chi connectivity index (χ0n) is 13.6. The number of nitrogens with one attached hydrogen (secondary N) is 1. The van der Waals surface area contributed by atoms with Crippen LogP contribution in [0, 0.1) is 5.92 Å². The molecule has 0 saturated carbocycles. The van der Waals surface area contributed by atoms with Crippen molar-refractivity contribution in [2.45, 2.75) is 18.8 Å². The smallest absolute Gasteiger partial charge is 0.330 e. The van der Waals surface area contributed by atoms with Crippen molar-refractivity contribution in [1.29, 1.82) is 0 Å². The molecule has 0 fully saturated rings. The molecule has 1 aliphatic rings. The van der Waals surface area contributed by atoms with Crippen molar-refractivity contribution in [3.63, 3.8) is 0 Å². The number of benzene rings is 1. The van der Waals surface area contributed by atoms with Crippen molar-refractivity contribution in [3.05, 3.63) is 23.8 Å². The standard InChI is InChI=1S/C16H19F4NO4/c1-23-12-4-2-3-11-5-10(7-25-14(11)12)6-21-13(22)8-24-9-16(19,20)15(17)18/h2-4,10,15H,5-9H2,1H3,(H,21,22)/t10-/m1/s1. The molecule has 140 valence electrons. The average molecular weight is 365 g/mol. The van der Waals surface area contributed by atoms with Gasteiger partial charge in [-0.05, 0) is 18.1 Å². The molecule has 1 N–H and O–H groups in total. The first-order valence-electron chi connectivity index (χ1n) is 7.62. The lowest BCUT2D eigenvalue weighted by Gasteiger charge is -2.26. The fraction of sp³-hybridized carbons (Fsp3) is 0.562. The van der Waals surface area contributed by atoms with Crippen molar-refractivity contribution >= 4 is 5.91 Å². The molecule has 0 bridgehead atoms. The molecule has 0 aromatic heterocycles. The fourth-order valence-electron chi connectivity index (χ4n) is 2.40. The molecular weight excluding hydrogens is 346 g/mol. The van der Waals surface area contributed by atoms with Crippen molar-refractivity contribution in [2.24, 2.45) is 5.92 Å². The van der Waals surface area contributed by atoms with Crippen molar-refractivity contribution in [3.8, 4) is 11.5 Å². The van der Waals surface area contributed by atoms with Crippen molar-refractivity contribution in [2.75, 3.05) is 33.5 Å². The summed E-state index contributed by atoms with van der Waals surface area (Å²) in [6, 6.07) is 5.51. The lowest BCUT2D eigenvalue weighted by molar-refractivity contribution is -0.168. The van der Waals surface area contributed by atoms with Crippen LogP contribution in [0.2, 0.25) is 0 Å². The zero-order valence-corrected chi connectivity index (χ0v) is 13.6. The van der Waals surface area contributed by atoms with E-state index in [2.05, 4.69) is 10.1 Å². The number of ether oxygens (including phenoxy) is 3. The quantitative estimate of drug-likeness (QED) is 0.718. The number of halogens is 4. The largest absolute Gasteiger partial charge is 0.493 e.